The van der Waals surface area contributed by atoms with Crippen molar-refractivity contribution in [3.05, 3.63) is 24.3 Å². The van der Waals surface area contributed by atoms with Gasteiger partial charge in [-0.25, -0.2) is 4.68 Å². The van der Waals surface area contributed by atoms with Crippen LogP contribution in [-0.4, -0.2) is 20.2 Å². The third-order valence-electron chi connectivity index (χ3n) is 4.11. The molecule has 2 aromatic rings. The van der Waals surface area contributed by atoms with Gasteiger partial charge in [-0.05, 0) is 48.2 Å². The largest absolute Gasteiger partial charge is 0.399 e. The van der Waals surface area contributed by atoms with Gasteiger partial charge in [-0.1, -0.05) is 25.0 Å². The molecule has 5 nitrogen and oxygen atoms in total. The maximum Gasteiger partial charge on any atom is 0.182 e. The van der Waals surface area contributed by atoms with E-state index in [4.69, 9.17) is 5.73 Å². The van der Waals surface area contributed by atoms with Crippen LogP contribution in [0.15, 0.2) is 24.3 Å². The van der Waals surface area contributed by atoms with Crippen molar-refractivity contribution >= 4 is 5.69 Å². The standard InChI is InChI=1S/C14H19N5/c1-10(11-5-2-3-6-11)19-14(16-17-18-19)12-7-4-8-13(15)9-12/h4,7-11H,2-3,5-6,15H2,1H3. The van der Waals surface area contributed by atoms with Crippen LogP contribution in [-0.2, 0) is 0 Å². The van der Waals surface area contributed by atoms with Gasteiger partial charge in [0.05, 0.1) is 6.04 Å². The minimum atomic E-state index is 0.342. The lowest BCUT2D eigenvalue weighted by Gasteiger charge is -2.19. The molecule has 19 heavy (non-hydrogen) atoms. The topological polar surface area (TPSA) is 69.6 Å². The van der Waals surface area contributed by atoms with E-state index in [1.165, 1.54) is 25.7 Å². The van der Waals surface area contributed by atoms with Crippen molar-refractivity contribution in [1.82, 2.24) is 20.2 Å². The first-order valence-corrected chi connectivity index (χ1v) is 6.89. The quantitative estimate of drug-likeness (QED) is 0.858. The van der Waals surface area contributed by atoms with Crippen molar-refractivity contribution in [1.29, 1.82) is 0 Å². The van der Waals surface area contributed by atoms with Crippen LogP contribution in [0.3, 0.4) is 0 Å². The van der Waals surface area contributed by atoms with Crippen LogP contribution < -0.4 is 5.73 Å². The Morgan fingerprint density at radius 2 is 2.11 bits per heavy atom. The van der Waals surface area contributed by atoms with Gasteiger partial charge in [-0.2, -0.15) is 0 Å². The van der Waals surface area contributed by atoms with Crippen LogP contribution in [0.2, 0.25) is 0 Å². The van der Waals surface area contributed by atoms with E-state index in [9.17, 15) is 0 Å². The molecule has 1 aliphatic carbocycles. The summed E-state index contributed by atoms with van der Waals surface area (Å²) in [5, 5.41) is 12.2. The van der Waals surface area contributed by atoms with Gasteiger partial charge >= 0.3 is 0 Å². The lowest BCUT2D eigenvalue weighted by atomic mass is 9.99. The molecule has 100 valence electrons. The SMILES string of the molecule is CC(C1CCCC1)n1nnnc1-c1cccc(N)c1. The van der Waals surface area contributed by atoms with E-state index in [0.29, 0.717) is 12.0 Å². The van der Waals surface area contributed by atoms with Crippen LogP contribution in [0.4, 0.5) is 5.69 Å². The molecule has 5 heteroatoms. The summed E-state index contributed by atoms with van der Waals surface area (Å²) in [5.74, 6) is 1.50. The number of aromatic nitrogens is 4. The van der Waals surface area contributed by atoms with E-state index < -0.39 is 0 Å². The molecule has 2 N–H and O–H groups in total. The van der Waals surface area contributed by atoms with Crippen LogP contribution in [0.1, 0.15) is 38.6 Å². The Balaban J connectivity index is 1.93. The molecule has 0 amide bonds. The lowest BCUT2D eigenvalue weighted by Crippen LogP contribution is -2.16. The van der Waals surface area contributed by atoms with Gasteiger partial charge in [-0.3, -0.25) is 0 Å². The number of benzene rings is 1. The minimum Gasteiger partial charge on any atom is -0.399 e. The molecule has 1 saturated carbocycles. The van der Waals surface area contributed by atoms with E-state index in [1.807, 2.05) is 28.9 Å². The van der Waals surface area contributed by atoms with E-state index in [2.05, 4.69) is 22.4 Å². The Labute approximate surface area is 112 Å². The molecule has 0 saturated heterocycles. The molecule has 1 aromatic heterocycles. The van der Waals surface area contributed by atoms with E-state index >= 15 is 0 Å². The van der Waals surface area contributed by atoms with E-state index in [-0.39, 0.29) is 0 Å². The molecule has 0 radical (unpaired) electrons. The molecule has 0 spiro atoms. The number of rotatable bonds is 3. The van der Waals surface area contributed by atoms with E-state index in [0.717, 1.165) is 17.1 Å². The van der Waals surface area contributed by atoms with Gasteiger partial charge in [0, 0.05) is 11.3 Å². The molecule has 1 atom stereocenters. The fourth-order valence-electron chi connectivity index (χ4n) is 2.98. The number of tetrazole rings is 1. The molecule has 0 aliphatic heterocycles. The summed E-state index contributed by atoms with van der Waals surface area (Å²) >= 11 is 0. The molecule has 1 aromatic carbocycles. The van der Waals surface area contributed by atoms with Crippen molar-refractivity contribution in [2.45, 2.75) is 38.6 Å². The highest BCUT2D eigenvalue weighted by Crippen LogP contribution is 2.35. The Morgan fingerprint density at radius 3 is 2.84 bits per heavy atom. The van der Waals surface area contributed by atoms with Crippen LogP contribution >= 0.6 is 0 Å². The Hall–Kier alpha value is -1.91. The monoisotopic (exact) mass is 257 g/mol. The van der Waals surface area contributed by atoms with Crippen molar-refractivity contribution in [3.8, 4) is 11.4 Å². The second-order valence-electron chi connectivity index (χ2n) is 5.36. The fraction of sp³-hybridized carbons (Fsp3) is 0.500. The highest BCUT2D eigenvalue weighted by Gasteiger charge is 2.26. The molecule has 0 bridgehead atoms. The maximum atomic E-state index is 5.84. The highest BCUT2D eigenvalue weighted by atomic mass is 15.5. The molecular formula is C14H19N5. The first-order valence-electron chi connectivity index (χ1n) is 6.89. The van der Waals surface area contributed by atoms with Crippen molar-refractivity contribution in [3.63, 3.8) is 0 Å². The Bertz CT molecular complexity index is 556. The zero-order valence-corrected chi connectivity index (χ0v) is 11.2. The first kappa shape index (κ1) is 12.1. The molecule has 3 rings (SSSR count). The van der Waals surface area contributed by atoms with Crippen LogP contribution in [0.25, 0.3) is 11.4 Å². The minimum absolute atomic E-state index is 0.342. The zero-order valence-electron chi connectivity index (χ0n) is 11.2. The second-order valence-corrected chi connectivity index (χ2v) is 5.36. The lowest BCUT2D eigenvalue weighted by molar-refractivity contribution is 0.332. The molecular weight excluding hydrogens is 238 g/mol. The third kappa shape index (κ3) is 2.32. The average molecular weight is 257 g/mol. The second kappa shape index (κ2) is 4.99. The summed E-state index contributed by atoms with van der Waals surface area (Å²) in [6.45, 7) is 2.21. The fourth-order valence-corrected chi connectivity index (χ4v) is 2.98. The van der Waals surface area contributed by atoms with Crippen molar-refractivity contribution < 1.29 is 0 Å². The molecule has 1 fully saturated rings. The summed E-state index contributed by atoms with van der Waals surface area (Å²) < 4.78 is 1.95. The van der Waals surface area contributed by atoms with Gasteiger partial charge in [0.1, 0.15) is 0 Å². The number of hydrogen-bond donors (Lipinski definition) is 1. The average Bonchev–Trinajstić information content (AvgIpc) is 3.09. The number of nitrogens with zero attached hydrogens (tertiary/aromatic N) is 4. The van der Waals surface area contributed by atoms with Crippen molar-refractivity contribution in [2.24, 2.45) is 5.92 Å². The normalized spacial score (nSPS) is 17.7. The Kier molecular flexibility index (Phi) is 3.19. The van der Waals surface area contributed by atoms with E-state index in [1.54, 1.807) is 0 Å². The predicted octanol–water partition coefficient (Wildman–Crippen LogP) is 2.67. The van der Waals surface area contributed by atoms with Crippen molar-refractivity contribution in [2.75, 3.05) is 5.73 Å². The van der Waals surface area contributed by atoms with Gasteiger partial charge in [-0.15, -0.1) is 5.10 Å². The third-order valence-corrected chi connectivity index (χ3v) is 4.11. The summed E-state index contributed by atoms with van der Waals surface area (Å²) in [6.07, 6.45) is 5.20. The van der Waals surface area contributed by atoms with Gasteiger partial charge < -0.3 is 5.73 Å². The van der Waals surface area contributed by atoms with Gasteiger partial charge in [0.2, 0.25) is 0 Å². The zero-order chi connectivity index (χ0) is 13.2. The summed E-state index contributed by atoms with van der Waals surface area (Å²) in [7, 11) is 0. The molecule has 1 heterocycles. The maximum absolute atomic E-state index is 5.84. The van der Waals surface area contributed by atoms with Crippen LogP contribution in [0.5, 0.6) is 0 Å². The number of hydrogen-bond acceptors (Lipinski definition) is 4. The smallest absolute Gasteiger partial charge is 0.182 e. The highest BCUT2D eigenvalue weighted by molar-refractivity contribution is 5.60. The van der Waals surface area contributed by atoms with Gasteiger partial charge in [0.25, 0.3) is 0 Å². The summed E-state index contributed by atoms with van der Waals surface area (Å²) in [5.41, 5.74) is 7.55. The number of nitrogens with two attached hydrogens (primary N) is 1. The number of nitrogen functional groups attached to an aromatic ring is 1. The summed E-state index contributed by atoms with van der Waals surface area (Å²) in [4.78, 5) is 0. The number of anilines is 1. The first-order chi connectivity index (χ1) is 9.25. The Morgan fingerprint density at radius 1 is 1.32 bits per heavy atom. The molecule has 1 aliphatic rings. The van der Waals surface area contributed by atoms with Gasteiger partial charge in [0.15, 0.2) is 5.82 Å². The van der Waals surface area contributed by atoms with Crippen LogP contribution in [0, 0.1) is 5.92 Å². The predicted molar refractivity (Wildman–Crippen MR) is 74.3 cm³/mol. The summed E-state index contributed by atoms with van der Waals surface area (Å²) in [6, 6.07) is 8.07. The molecule has 1 unspecified atom stereocenters.